The van der Waals surface area contributed by atoms with Crippen LogP contribution >= 0.6 is 11.8 Å². The molecule has 1 aromatic rings. The standard InChI is InChI=1S/C14H23NO2S/c1-14(2,3)13(15)12(9-16)18-11-7-5-10(17-4)6-8-11/h5-8,12-13,16H,9,15H2,1-4H3. The molecule has 2 unspecified atom stereocenters. The highest BCUT2D eigenvalue weighted by Gasteiger charge is 2.29. The summed E-state index contributed by atoms with van der Waals surface area (Å²) in [5.74, 6) is 0.833. The van der Waals surface area contributed by atoms with Crippen molar-refractivity contribution in [3.05, 3.63) is 24.3 Å². The quantitative estimate of drug-likeness (QED) is 0.807. The molecule has 0 aliphatic rings. The SMILES string of the molecule is COc1ccc(SC(CO)C(N)C(C)(C)C)cc1. The van der Waals surface area contributed by atoms with Crippen LogP contribution in [0.15, 0.2) is 29.2 Å². The first-order chi connectivity index (χ1) is 8.38. The van der Waals surface area contributed by atoms with Crippen molar-refractivity contribution in [2.45, 2.75) is 37.0 Å². The summed E-state index contributed by atoms with van der Waals surface area (Å²) in [5, 5.41) is 9.49. The monoisotopic (exact) mass is 269 g/mol. The highest BCUT2D eigenvalue weighted by molar-refractivity contribution is 8.00. The van der Waals surface area contributed by atoms with Crippen molar-refractivity contribution < 1.29 is 9.84 Å². The Kier molecular flexibility index (Phi) is 5.50. The van der Waals surface area contributed by atoms with Gasteiger partial charge < -0.3 is 15.6 Å². The van der Waals surface area contributed by atoms with E-state index in [0.717, 1.165) is 10.6 Å². The number of methoxy groups -OCH3 is 1. The minimum atomic E-state index is -0.0606. The number of nitrogens with two attached hydrogens (primary N) is 1. The molecule has 0 saturated heterocycles. The topological polar surface area (TPSA) is 55.5 Å². The first-order valence-electron chi connectivity index (χ1n) is 6.05. The zero-order valence-electron chi connectivity index (χ0n) is 11.5. The number of rotatable bonds is 5. The molecule has 102 valence electrons. The van der Waals surface area contributed by atoms with Gasteiger partial charge in [-0.05, 0) is 29.7 Å². The second kappa shape index (κ2) is 6.45. The van der Waals surface area contributed by atoms with Gasteiger partial charge in [0.25, 0.3) is 0 Å². The summed E-state index contributed by atoms with van der Waals surface area (Å²) in [4.78, 5) is 1.09. The summed E-state index contributed by atoms with van der Waals surface area (Å²) >= 11 is 1.61. The van der Waals surface area contributed by atoms with Crippen molar-refractivity contribution in [1.29, 1.82) is 0 Å². The Morgan fingerprint density at radius 1 is 1.28 bits per heavy atom. The van der Waals surface area contributed by atoms with Gasteiger partial charge in [-0.2, -0.15) is 0 Å². The van der Waals surface area contributed by atoms with Gasteiger partial charge in [0, 0.05) is 16.2 Å². The van der Waals surface area contributed by atoms with Crippen molar-refractivity contribution in [1.82, 2.24) is 0 Å². The van der Waals surface area contributed by atoms with Crippen LogP contribution in [0.3, 0.4) is 0 Å². The third-order valence-corrected chi connectivity index (χ3v) is 4.22. The summed E-state index contributed by atoms with van der Waals surface area (Å²) in [6, 6.07) is 7.75. The second-order valence-electron chi connectivity index (χ2n) is 5.41. The fourth-order valence-electron chi connectivity index (χ4n) is 1.61. The third kappa shape index (κ3) is 4.19. The molecule has 3 N–H and O–H groups in total. The van der Waals surface area contributed by atoms with Crippen molar-refractivity contribution in [3.8, 4) is 5.75 Å². The number of hydrogen-bond acceptors (Lipinski definition) is 4. The van der Waals surface area contributed by atoms with E-state index >= 15 is 0 Å². The molecule has 3 nitrogen and oxygen atoms in total. The fourth-order valence-corrected chi connectivity index (χ4v) is 2.88. The summed E-state index contributed by atoms with van der Waals surface area (Å²) in [5.41, 5.74) is 6.18. The van der Waals surface area contributed by atoms with E-state index in [9.17, 15) is 5.11 Å². The highest BCUT2D eigenvalue weighted by atomic mass is 32.2. The summed E-state index contributed by atoms with van der Waals surface area (Å²) in [7, 11) is 1.65. The Morgan fingerprint density at radius 2 is 1.83 bits per heavy atom. The Labute approximate surface area is 114 Å². The van der Waals surface area contributed by atoms with Crippen LogP contribution in [-0.4, -0.2) is 30.1 Å². The fraction of sp³-hybridized carbons (Fsp3) is 0.571. The lowest BCUT2D eigenvalue weighted by molar-refractivity contribution is 0.233. The molecule has 1 rings (SSSR count). The van der Waals surface area contributed by atoms with E-state index in [1.54, 1.807) is 18.9 Å². The van der Waals surface area contributed by atoms with Crippen molar-refractivity contribution in [2.24, 2.45) is 11.1 Å². The van der Waals surface area contributed by atoms with E-state index < -0.39 is 0 Å². The predicted molar refractivity (Wildman–Crippen MR) is 77.2 cm³/mol. The first-order valence-corrected chi connectivity index (χ1v) is 6.93. The van der Waals surface area contributed by atoms with E-state index in [4.69, 9.17) is 10.5 Å². The Bertz CT molecular complexity index is 359. The molecule has 4 heteroatoms. The van der Waals surface area contributed by atoms with Crippen LogP contribution in [0.1, 0.15) is 20.8 Å². The zero-order chi connectivity index (χ0) is 13.8. The molecule has 0 aliphatic heterocycles. The van der Waals surface area contributed by atoms with Crippen LogP contribution in [0.4, 0.5) is 0 Å². The molecule has 0 spiro atoms. The molecular formula is C14H23NO2S. The van der Waals surface area contributed by atoms with E-state index in [0.29, 0.717) is 0 Å². The first kappa shape index (κ1) is 15.3. The van der Waals surface area contributed by atoms with Gasteiger partial charge in [0.2, 0.25) is 0 Å². The van der Waals surface area contributed by atoms with Crippen molar-refractivity contribution >= 4 is 11.8 Å². The lowest BCUT2D eigenvalue weighted by atomic mass is 9.85. The number of benzene rings is 1. The average Bonchev–Trinajstić information content (AvgIpc) is 2.34. The maximum atomic E-state index is 9.50. The molecule has 0 heterocycles. The van der Waals surface area contributed by atoms with Gasteiger partial charge in [0.15, 0.2) is 0 Å². The van der Waals surface area contributed by atoms with E-state index in [2.05, 4.69) is 20.8 Å². The number of ether oxygens (including phenoxy) is 1. The molecule has 1 aromatic carbocycles. The van der Waals surface area contributed by atoms with Gasteiger partial charge >= 0.3 is 0 Å². The van der Waals surface area contributed by atoms with Crippen molar-refractivity contribution in [2.75, 3.05) is 13.7 Å². The molecule has 0 saturated carbocycles. The molecule has 2 atom stereocenters. The number of aliphatic hydroxyl groups is 1. The summed E-state index contributed by atoms with van der Waals surface area (Å²) in [6.07, 6.45) is 0. The number of thioether (sulfide) groups is 1. The van der Waals surface area contributed by atoms with Gasteiger partial charge in [-0.3, -0.25) is 0 Å². The van der Waals surface area contributed by atoms with Crippen LogP contribution in [0.5, 0.6) is 5.75 Å². The van der Waals surface area contributed by atoms with E-state index in [1.165, 1.54) is 0 Å². The van der Waals surface area contributed by atoms with Crippen LogP contribution in [-0.2, 0) is 0 Å². The highest BCUT2D eigenvalue weighted by Crippen LogP contribution is 2.32. The molecule has 0 aliphatic carbocycles. The molecule has 0 aromatic heterocycles. The normalized spacial score (nSPS) is 15.2. The molecular weight excluding hydrogens is 246 g/mol. The molecule has 0 radical (unpaired) electrons. The molecule has 0 amide bonds. The Hall–Kier alpha value is -0.710. The third-order valence-electron chi connectivity index (χ3n) is 2.93. The van der Waals surface area contributed by atoms with Gasteiger partial charge in [0.1, 0.15) is 5.75 Å². The van der Waals surface area contributed by atoms with Crippen LogP contribution in [0, 0.1) is 5.41 Å². The summed E-state index contributed by atoms with van der Waals surface area (Å²) in [6.45, 7) is 6.36. The maximum Gasteiger partial charge on any atom is 0.118 e. The molecule has 0 bridgehead atoms. The molecule has 0 fully saturated rings. The Balaban J connectivity index is 2.73. The lowest BCUT2D eigenvalue weighted by Gasteiger charge is -2.32. The zero-order valence-corrected chi connectivity index (χ0v) is 12.3. The smallest absolute Gasteiger partial charge is 0.118 e. The van der Waals surface area contributed by atoms with Gasteiger partial charge in [-0.25, -0.2) is 0 Å². The van der Waals surface area contributed by atoms with Crippen LogP contribution < -0.4 is 10.5 Å². The molecule has 18 heavy (non-hydrogen) atoms. The maximum absolute atomic E-state index is 9.50. The predicted octanol–water partition coefficient (Wildman–Crippen LogP) is 2.52. The Morgan fingerprint density at radius 3 is 2.22 bits per heavy atom. The number of hydrogen-bond donors (Lipinski definition) is 2. The minimum Gasteiger partial charge on any atom is -0.497 e. The van der Waals surface area contributed by atoms with E-state index in [1.807, 2.05) is 24.3 Å². The van der Waals surface area contributed by atoms with Gasteiger partial charge in [0.05, 0.1) is 13.7 Å². The van der Waals surface area contributed by atoms with Crippen molar-refractivity contribution in [3.63, 3.8) is 0 Å². The minimum absolute atomic E-state index is 0.00149. The lowest BCUT2D eigenvalue weighted by Crippen LogP contribution is -2.45. The largest absolute Gasteiger partial charge is 0.497 e. The van der Waals surface area contributed by atoms with Crippen LogP contribution in [0.2, 0.25) is 0 Å². The van der Waals surface area contributed by atoms with Gasteiger partial charge in [-0.15, -0.1) is 11.8 Å². The van der Waals surface area contributed by atoms with Crippen LogP contribution in [0.25, 0.3) is 0 Å². The van der Waals surface area contributed by atoms with E-state index in [-0.39, 0.29) is 23.3 Å². The van der Waals surface area contributed by atoms with Gasteiger partial charge in [-0.1, -0.05) is 20.8 Å². The second-order valence-corrected chi connectivity index (χ2v) is 6.72. The average molecular weight is 269 g/mol. The number of aliphatic hydroxyl groups excluding tert-OH is 1. The summed E-state index contributed by atoms with van der Waals surface area (Å²) < 4.78 is 5.12.